The average molecular weight is 256 g/mol. The van der Waals surface area contributed by atoms with E-state index in [2.05, 4.69) is 15.0 Å². The molecule has 18 heavy (non-hydrogen) atoms. The number of nitrogens with zero attached hydrogens (tertiary/aromatic N) is 1. The molecular weight excluding hydrogens is 245 g/mol. The van der Waals surface area contributed by atoms with Crippen LogP contribution in [0.5, 0.6) is 5.75 Å². The molecule has 0 saturated carbocycles. The maximum Gasteiger partial charge on any atom is 0.573 e. The lowest BCUT2D eigenvalue weighted by Crippen LogP contribution is -2.17. The third-order valence-corrected chi connectivity index (χ3v) is 2.41. The van der Waals surface area contributed by atoms with E-state index >= 15 is 0 Å². The van der Waals surface area contributed by atoms with E-state index in [0.29, 0.717) is 16.6 Å². The van der Waals surface area contributed by atoms with Gasteiger partial charge >= 0.3 is 6.36 Å². The molecule has 3 nitrogen and oxygen atoms in total. The van der Waals surface area contributed by atoms with E-state index in [4.69, 9.17) is 0 Å². The molecule has 1 N–H and O–H groups in total. The third-order valence-electron chi connectivity index (χ3n) is 2.41. The molecule has 2 rings (SSSR count). The fraction of sp³-hybridized carbons (Fsp3) is 0.250. The summed E-state index contributed by atoms with van der Waals surface area (Å²) in [4.78, 5) is 4.25. The number of nitrogens with one attached hydrogen (secondary N) is 1. The van der Waals surface area contributed by atoms with Gasteiger partial charge in [0.1, 0.15) is 5.75 Å². The summed E-state index contributed by atoms with van der Waals surface area (Å²) < 4.78 is 40.3. The highest BCUT2D eigenvalue weighted by atomic mass is 19.4. The summed E-state index contributed by atoms with van der Waals surface area (Å²) in [6.07, 6.45) is -4.69. The Morgan fingerprint density at radius 3 is 2.56 bits per heavy atom. The van der Waals surface area contributed by atoms with Gasteiger partial charge in [-0.1, -0.05) is 0 Å². The molecule has 0 radical (unpaired) electrons. The van der Waals surface area contributed by atoms with Crippen LogP contribution < -0.4 is 10.1 Å². The van der Waals surface area contributed by atoms with Gasteiger partial charge in [0.2, 0.25) is 0 Å². The zero-order valence-electron chi connectivity index (χ0n) is 9.80. The lowest BCUT2D eigenvalue weighted by molar-refractivity contribution is -0.274. The molecule has 0 atom stereocenters. The highest BCUT2D eigenvalue weighted by Gasteiger charge is 2.31. The lowest BCUT2D eigenvalue weighted by atomic mass is 10.1. The Bertz CT molecular complexity index is 581. The van der Waals surface area contributed by atoms with Crippen LogP contribution in [0.15, 0.2) is 24.3 Å². The fourth-order valence-electron chi connectivity index (χ4n) is 1.74. The van der Waals surface area contributed by atoms with Crippen molar-refractivity contribution < 1.29 is 17.9 Å². The van der Waals surface area contributed by atoms with Gasteiger partial charge < -0.3 is 10.1 Å². The SMILES string of the molecule is CNc1cc(C)nc2ccc(OC(F)(F)F)cc12. The van der Waals surface area contributed by atoms with Crippen molar-refractivity contribution in [2.75, 3.05) is 12.4 Å². The standard InChI is InChI=1S/C12H11F3N2O/c1-7-5-11(16-2)9-6-8(18-12(13,14)15)3-4-10(9)17-7/h3-6H,1-2H3,(H,16,17). The molecule has 1 aromatic carbocycles. The summed E-state index contributed by atoms with van der Waals surface area (Å²) in [5.41, 5.74) is 2.12. The molecule has 0 aliphatic carbocycles. The Labute approximate surface area is 102 Å². The van der Waals surface area contributed by atoms with Gasteiger partial charge in [-0.3, -0.25) is 4.98 Å². The number of aromatic nitrogens is 1. The number of pyridine rings is 1. The van der Waals surface area contributed by atoms with Crippen LogP contribution in [0.2, 0.25) is 0 Å². The Balaban J connectivity index is 2.53. The average Bonchev–Trinajstić information content (AvgIpc) is 2.26. The van der Waals surface area contributed by atoms with Gasteiger partial charge in [-0.25, -0.2) is 0 Å². The Morgan fingerprint density at radius 1 is 1.22 bits per heavy atom. The van der Waals surface area contributed by atoms with Crippen LogP contribution in [0.3, 0.4) is 0 Å². The van der Waals surface area contributed by atoms with Gasteiger partial charge in [-0.05, 0) is 31.2 Å². The molecule has 0 saturated heterocycles. The van der Waals surface area contributed by atoms with E-state index in [0.717, 1.165) is 5.69 Å². The molecule has 0 fully saturated rings. The van der Waals surface area contributed by atoms with Gasteiger partial charge in [0, 0.05) is 23.8 Å². The van der Waals surface area contributed by atoms with E-state index in [9.17, 15) is 13.2 Å². The molecule has 0 bridgehead atoms. The van der Waals surface area contributed by atoms with Crippen molar-refractivity contribution >= 4 is 16.6 Å². The molecular formula is C12H11F3N2O. The van der Waals surface area contributed by atoms with E-state index in [1.54, 1.807) is 13.1 Å². The molecule has 2 aromatic rings. The van der Waals surface area contributed by atoms with Gasteiger partial charge in [-0.2, -0.15) is 0 Å². The first-order valence-corrected chi connectivity index (χ1v) is 5.24. The largest absolute Gasteiger partial charge is 0.573 e. The van der Waals surface area contributed by atoms with Crippen LogP contribution >= 0.6 is 0 Å². The van der Waals surface area contributed by atoms with Crippen LogP contribution in [0.1, 0.15) is 5.69 Å². The Hall–Kier alpha value is -1.98. The maximum atomic E-state index is 12.1. The van der Waals surface area contributed by atoms with Gasteiger partial charge in [0.25, 0.3) is 0 Å². The summed E-state index contributed by atoms with van der Waals surface area (Å²) >= 11 is 0. The molecule has 0 amide bonds. The van der Waals surface area contributed by atoms with Crippen LogP contribution in [-0.2, 0) is 0 Å². The minimum atomic E-state index is -4.69. The number of aryl methyl sites for hydroxylation is 1. The lowest BCUT2D eigenvalue weighted by Gasteiger charge is -2.11. The first kappa shape index (κ1) is 12.5. The summed E-state index contributed by atoms with van der Waals surface area (Å²) in [7, 11) is 1.70. The van der Waals surface area contributed by atoms with Crippen LogP contribution in [0.4, 0.5) is 18.9 Å². The van der Waals surface area contributed by atoms with Crippen LogP contribution in [-0.4, -0.2) is 18.4 Å². The number of anilines is 1. The number of rotatable bonds is 2. The minimum Gasteiger partial charge on any atom is -0.406 e. The first-order valence-electron chi connectivity index (χ1n) is 5.24. The second-order valence-corrected chi connectivity index (χ2v) is 3.79. The monoisotopic (exact) mass is 256 g/mol. The van der Waals surface area contributed by atoms with Crippen molar-refractivity contribution in [3.63, 3.8) is 0 Å². The topological polar surface area (TPSA) is 34.2 Å². The molecule has 1 aromatic heterocycles. The fourth-order valence-corrected chi connectivity index (χ4v) is 1.74. The van der Waals surface area contributed by atoms with Crippen molar-refractivity contribution in [3.05, 3.63) is 30.0 Å². The molecule has 6 heteroatoms. The second-order valence-electron chi connectivity index (χ2n) is 3.79. The van der Waals surface area contributed by atoms with E-state index < -0.39 is 6.36 Å². The second kappa shape index (κ2) is 4.36. The number of hydrogen-bond acceptors (Lipinski definition) is 3. The van der Waals surface area contributed by atoms with E-state index in [-0.39, 0.29) is 5.75 Å². The quantitative estimate of drug-likeness (QED) is 0.893. The van der Waals surface area contributed by atoms with Crippen LogP contribution in [0, 0.1) is 6.92 Å². The van der Waals surface area contributed by atoms with Crippen molar-refractivity contribution in [2.24, 2.45) is 0 Å². The molecule has 0 unspecified atom stereocenters. The number of halogens is 3. The molecule has 0 aliphatic heterocycles. The normalized spacial score (nSPS) is 11.6. The Kier molecular flexibility index (Phi) is 3.02. The summed E-state index contributed by atoms with van der Waals surface area (Å²) in [6.45, 7) is 1.82. The smallest absolute Gasteiger partial charge is 0.406 e. The molecule has 0 aliphatic rings. The summed E-state index contributed by atoms with van der Waals surface area (Å²) in [5.74, 6) is -0.253. The van der Waals surface area contributed by atoms with Gasteiger partial charge in [0.05, 0.1) is 5.52 Å². The summed E-state index contributed by atoms with van der Waals surface area (Å²) in [5, 5.41) is 3.51. The minimum absolute atomic E-state index is 0.253. The van der Waals surface area contributed by atoms with Crippen molar-refractivity contribution in [3.8, 4) is 5.75 Å². The molecule has 96 valence electrons. The highest BCUT2D eigenvalue weighted by molar-refractivity contribution is 5.92. The van der Waals surface area contributed by atoms with Crippen molar-refractivity contribution in [2.45, 2.75) is 13.3 Å². The predicted octanol–water partition coefficient (Wildman–Crippen LogP) is 3.48. The number of alkyl halides is 3. The first-order chi connectivity index (χ1) is 8.39. The van der Waals surface area contributed by atoms with Gasteiger partial charge in [0.15, 0.2) is 0 Å². The van der Waals surface area contributed by atoms with Crippen LogP contribution in [0.25, 0.3) is 10.9 Å². The predicted molar refractivity (Wildman–Crippen MR) is 62.7 cm³/mol. The number of benzene rings is 1. The number of fused-ring (bicyclic) bond motifs is 1. The van der Waals surface area contributed by atoms with E-state index in [1.165, 1.54) is 18.2 Å². The van der Waals surface area contributed by atoms with Gasteiger partial charge in [-0.15, -0.1) is 13.2 Å². The van der Waals surface area contributed by atoms with Crippen molar-refractivity contribution in [1.29, 1.82) is 0 Å². The molecule has 1 heterocycles. The number of hydrogen-bond donors (Lipinski definition) is 1. The number of ether oxygens (including phenoxy) is 1. The third kappa shape index (κ3) is 2.64. The zero-order valence-corrected chi connectivity index (χ0v) is 9.80. The highest BCUT2D eigenvalue weighted by Crippen LogP contribution is 2.29. The molecule has 0 spiro atoms. The Morgan fingerprint density at radius 2 is 1.94 bits per heavy atom. The summed E-state index contributed by atoms with van der Waals surface area (Å²) in [6, 6.07) is 5.84. The zero-order chi connectivity index (χ0) is 13.3. The maximum absolute atomic E-state index is 12.1. The van der Waals surface area contributed by atoms with E-state index in [1.807, 2.05) is 6.92 Å². The van der Waals surface area contributed by atoms with Crippen molar-refractivity contribution in [1.82, 2.24) is 4.98 Å².